The monoisotopic (exact) mass is 364 g/mol. The molecule has 1 aliphatic carbocycles. The molecular weight excluding hydrogens is 340 g/mol. The van der Waals surface area contributed by atoms with Crippen molar-refractivity contribution in [3.05, 3.63) is 102 Å². The van der Waals surface area contributed by atoms with Crippen LogP contribution < -0.4 is 0 Å². The third-order valence-corrected chi connectivity index (χ3v) is 5.90. The second kappa shape index (κ2) is 7.47. The summed E-state index contributed by atoms with van der Waals surface area (Å²) in [5.74, 6) is 1.71. The number of nitrogens with one attached hydrogen (secondary N) is 1. The maximum atomic E-state index is 4.36. The van der Waals surface area contributed by atoms with Gasteiger partial charge >= 0.3 is 0 Å². The van der Waals surface area contributed by atoms with Gasteiger partial charge in [-0.3, -0.25) is 0 Å². The Bertz CT molecular complexity index is 1040. The molecule has 5 rings (SSSR count). The molecule has 138 valence electrons. The minimum absolute atomic E-state index is 0.794. The van der Waals surface area contributed by atoms with Gasteiger partial charge in [0, 0.05) is 18.0 Å². The van der Waals surface area contributed by atoms with Crippen LogP contribution >= 0.6 is 0 Å². The van der Waals surface area contributed by atoms with Gasteiger partial charge in [0.05, 0.1) is 0 Å². The van der Waals surface area contributed by atoms with Gasteiger partial charge in [0.2, 0.25) is 0 Å². The SMILES string of the molecule is c1cc(-c2ccc(CCC3Cc4ccccc4C3)cc2)cc(-c2ncc[nH]2)c1. The van der Waals surface area contributed by atoms with Crippen LogP contribution in [0.1, 0.15) is 23.1 Å². The number of aromatic nitrogens is 2. The molecule has 0 amide bonds. The van der Waals surface area contributed by atoms with E-state index in [9.17, 15) is 0 Å². The van der Waals surface area contributed by atoms with Gasteiger partial charge in [-0.2, -0.15) is 0 Å². The van der Waals surface area contributed by atoms with E-state index >= 15 is 0 Å². The molecule has 0 bridgehead atoms. The van der Waals surface area contributed by atoms with Crippen LogP contribution in [-0.2, 0) is 19.3 Å². The first-order valence-electron chi connectivity index (χ1n) is 10.1. The predicted octanol–water partition coefficient (Wildman–Crippen LogP) is 6.09. The lowest BCUT2D eigenvalue weighted by Crippen LogP contribution is -2.01. The van der Waals surface area contributed by atoms with E-state index in [-0.39, 0.29) is 0 Å². The Hall–Kier alpha value is -3.13. The molecule has 2 heteroatoms. The lowest BCUT2D eigenvalue weighted by Gasteiger charge is -2.10. The summed E-state index contributed by atoms with van der Waals surface area (Å²) in [6.45, 7) is 0. The van der Waals surface area contributed by atoms with Crippen LogP contribution in [0, 0.1) is 5.92 Å². The van der Waals surface area contributed by atoms with Crippen molar-refractivity contribution in [1.29, 1.82) is 0 Å². The first-order valence-corrected chi connectivity index (χ1v) is 10.1. The van der Waals surface area contributed by atoms with Gasteiger partial charge in [-0.05, 0) is 65.5 Å². The third kappa shape index (κ3) is 3.50. The topological polar surface area (TPSA) is 28.7 Å². The van der Waals surface area contributed by atoms with Gasteiger partial charge in [0.25, 0.3) is 0 Å². The number of hydrogen-bond acceptors (Lipinski definition) is 1. The fraction of sp³-hybridized carbons (Fsp3) is 0.192. The zero-order valence-corrected chi connectivity index (χ0v) is 15.9. The van der Waals surface area contributed by atoms with E-state index in [0.717, 1.165) is 23.7 Å². The van der Waals surface area contributed by atoms with Crippen molar-refractivity contribution in [1.82, 2.24) is 9.97 Å². The molecule has 1 aliphatic rings. The van der Waals surface area contributed by atoms with Gasteiger partial charge in [-0.25, -0.2) is 4.98 Å². The molecule has 0 fully saturated rings. The summed E-state index contributed by atoms with van der Waals surface area (Å²) in [7, 11) is 0. The number of nitrogens with zero attached hydrogens (tertiary/aromatic N) is 1. The zero-order chi connectivity index (χ0) is 18.8. The Morgan fingerprint density at radius 1 is 0.786 bits per heavy atom. The van der Waals surface area contributed by atoms with E-state index in [2.05, 4.69) is 82.8 Å². The number of rotatable bonds is 5. The molecule has 1 heterocycles. The van der Waals surface area contributed by atoms with Crippen molar-refractivity contribution in [2.45, 2.75) is 25.7 Å². The fourth-order valence-corrected chi connectivity index (χ4v) is 4.36. The first-order chi connectivity index (χ1) is 13.8. The minimum atomic E-state index is 0.794. The molecule has 3 aromatic carbocycles. The summed E-state index contributed by atoms with van der Waals surface area (Å²) in [6.07, 6.45) is 8.56. The Labute approximate surface area is 166 Å². The van der Waals surface area contributed by atoms with Crippen molar-refractivity contribution >= 4 is 0 Å². The molecule has 0 aliphatic heterocycles. The van der Waals surface area contributed by atoms with Gasteiger partial charge in [-0.1, -0.05) is 66.7 Å². The van der Waals surface area contributed by atoms with Crippen molar-refractivity contribution in [2.75, 3.05) is 0 Å². The van der Waals surface area contributed by atoms with Crippen molar-refractivity contribution in [3.63, 3.8) is 0 Å². The highest BCUT2D eigenvalue weighted by molar-refractivity contribution is 5.70. The van der Waals surface area contributed by atoms with Crippen molar-refractivity contribution < 1.29 is 0 Å². The molecule has 4 aromatic rings. The summed E-state index contributed by atoms with van der Waals surface area (Å²) in [4.78, 5) is 7.54. The highest BCUT2D eigenvalue weighted by Gasteiger charge is 2.20. The molecule has 0 radical (unpaired) electrons. The summed E-state index contributed by atoms with van der Waals surface area (Å²) in [6, 6.07) is 26.5. The molecule has 1 aromatic heterocycles. The van der Waals surface area contributed by atoms with Crippen molar-refractivity contribution in [2.24, 2.45) is 5.92 Å². The van der Waals surface area contributed by atoms with Crippen molar-refractivity contribution in [3.8, 4) is 22.5 Å². The van der Waals surface area contributed by atoms with E-state index in [4.69, 9.17) is 0 Å². The van der Waals surface area contributed by atoms with Crippen LogP contribution in [0.25, 0.3) is 22.5 Å². The molecule has 0 saturated carbocycles. The maximum Gasteiger partial charge on any atom is 0.137 e. The number of imidazole rings is 1. The van der Waals surface area contributed by atoms with E-state index in [0.29, 0.717) is 0 Å². The number of H-pyrrole nitrogens is 1. The molecule has 1 N–H and O–H groups in total. The molecule has 28 heavy (non-hydrogen) atoms. The molecule has 0 saturated heterocycles. The quantitative estimate of drug-likeness (QED) is 0.456. The Balaban J connectivity index is 1.25. The summed E-state index contributed by atoms with van der Waals surface area (Å²) in [5, 5.41) is 0. The number of aromatic amines is 1. The summed E-state index contributed by atoms with van der Waals surface area (Å²) < 4.78 is 0. The van der Waals surface area contributed by atoms with Gasteiger partial charge in [0.1, 0.15) is 5.82 Å². The second-order valence-corrected chi connectivity index (χ2v) is 7.80. The largest absolute Gasteiger partial charge is 0.345 e. The van der Waals surface area contributed by atoms with Gasteiger partial charge < -0.3 is 4.98 Å². The third-order valence-electron chi connectivity index (χ3n) is 5.90. The predicted molar refractivity (Wildman–Crippen MR) is 115 cm³/mol. The second-order valence-electron chi connectivity index (χ2n) is 7.80. The number of fused-ring (bicyclic) bond motifs is 1. The standard InChI is InChI=1S/C26H24N2/c1-2-5-23-17-20(16-22(23)4-1)9-8-19-10-12-21(13-11-19)24-6-3-7-25(18-24)26-27-14-15-28-26/h1-7,10-15,18,20H,8-9,16-17H2,(H,27,28). The Kier molecular flexibility index (Phi) is 4.54. The first kappa shape index (κ1) is 17.0. The number of aryl methyl sites for hydroxylation is 1. The zero-order valence-electron chi connectivity index (χ0n) is 15.9. The molecule has 0 atom stereocenters. The average molecular weight is 364 g/mol. The fourth-order valence-electron chi connectivity index (χ4n) is 4.36. The molecule has 0 unspecified atom stereocenters. The molecular formula is C26H24N2. The average Bonchev–Trinajstić information content (AvgIpc) is 3.42. The van der Waals surface area contributed by atoms with Crippen LogP contribution in [0.15, 0.2) is 85.2 Å². The van der Waals surface area contributed by atoms with Gasteiger partial charge in [-0.15, -0.1) is 0 Å². The molecule has 0 spiro atoms. The van der Waals surface area contributed by atoms with Crippen LogP contribution in [0.3, 0.4) is 0 Å². The maximum absolute atomic E-state index is 4.36. The summed E-state index contributed by atoms with van der Waals surface area (Å²) >= 11 is 0. The van der Waals surface area contributed by atoms with E-state index in [1.807, 2.05) is 6.20 Å². The normalized spacial score (nSPS) is 13.6. The lowest BCUT2D eigenvalue weighted by molar-refractivity contribution is 0.514. The van der Waals surface area contributed by atoms with Gasteiger partial charge in [0.15, 0.2) is 0 Å². The van der Waals surface area contributed by atoms with E-state index < -0.39 is 0 Å². The highest BCUT2D eigenvalue weighted by Crippen LogP contribution is 2.30. The minimum Gasteiger partial charge on any atom is -0.345 e. The van der Waals surface area contributed by atoms with Crippen LogP contribution in [0.5, 0.6) is 0 Å². The smallest absolute Gasteiger partial charge is 0.137 e. The van der Waals surface area contributed by atoms with Crippen LogP contribution in [0.2, 0.25) is 0 Å². The number of benzene rings is 3. The van der Waals surface area contributed by atoms with Crippen LogP contribution in [-0.4, -0.2) is 9.97 Å². The Morgan fingerprint density at radius 3 is 2.25 bits per heavy atom. The van der Waals surface area contributed by atoms with Crippen LogP contribution in [0.4, 0.5) is 0 Å². The Morgan fingerprint density at radius 2 is 1.54 bits per heavy atom. The lowest BCUT2D eigenvalue weighted by atomic mass is 9.95. The highest BCUT2D eigenvalue weighted by atomic mass is 14.9. The molecule has 2 nitrogen and oxygen atoms in total. The number of hydrogen-bond donors (Lipinski definition) is 1. The van der Waals surface area contributed by atoms with E-state index in [1.165, 1.54) is 36.0 Å². The summed E-state index contributed by atoms with van der Waals surface area (Å²) in [5.41, 5.74) is 8.14. The van der Waals surface area contributed by atoms with E-state index in [1.54, 1.807) is 17.3 Å².